The summed E-state index contributed by atoms with van der Waals surface area (Å²) < 4.78 is 10.8. The molecule has 1 aliphatic rings. The molecule has 0 amide bonds. The highest BCUT2D eigenvalue weighted by Crippen LogP contribution is 2.33. The minimum atomic E-state index is 0.328. The van der Waals surface area contributed by atoms with E-state index >= 15 is 0 Å². The molecule has 0 aliphatic carbocycles. The first kappa shape index (κ1) is 13.0. The van der Waals surface area contributed by atoms with Crippen molar-refractivity contribution in [3.63, 3.8) is 0 Å². The summed E-state index contributed by atoms with van der Waals surface area (Å²) in [5.74, 6) is 2.91. The van der Waals surface area contributed by atoms with Gasteiger partial charge in [-0.3, -0.25) is 0 Å². The first-order valence-electron chi connectivity index (χ1n) is 5.61. The molecule has 0 spiro atoms. The van der Waals surface area contributed by atoms with Crippen molar-refractivity contribution in [1.82, 2.24) is 0 Å². The van der Waals surface area contributed by atoms with Gasteiger partial charge in [-0.05, 0) is 30.9 Å². The Hall–Kier alpha value is -0.420. The van der Waals surface area contributed by atoms with Crippen molar-refractivity contribution < 1.29 is 9.47 Å². The van der Waals surface area contributed by atoms with Gasteiger partial charge in [0.2, 0.25) is 0 Å². The van der Waals surface area contributed by atoms with Gasteiger partial charge < -0.3 is 15.2 Å². The summed E-state index contributed by atoms with van der Waals surface area (Å²) >= 11 is 7.93. The third-order valence-electron chi connectivity index (χ3n) is 2.50. The molecule has 1 heterocycles. The molecule has 1 aromatic carbocycles. The molecule has 1 aromatic rings. The molecule has 0 unspecified atom stereocenters. The maximum atomic E-state index is 6.08. The molecular weight excluding hydrogens is 258 g/mol. The first-order chi connectivity index (χ1) is 8.31. The molecule has 1 aliphatic heterocycles. The number of ether oxygens (including phenoxy) is 2. The van der Waals surface area contributed by atoms with Crippen LogP contribution < -0.4 is 10.5 Å². The van der Waals surface area contributed by atoms with Crippen LogP contribution in [0.1, 0.15) is 17.5 Å². The lowest BCUT2D eigenvalue weighted by atomic mass is 10.1. The van der Waals surface area contributed by atoms with E-state index in [4.69, 9.17) is 26.8 Å². The van der Waals surface area contributed by atoms with E-state index in [0.29, 0.717) is 13.4 Å². The number of thioether (sulfide) groups is 1. The minimum Gasteiger partial charge on any atom is -0.467 e. The van der Waals surface area contributed by atoms with Crippen molar-refractivity contribution in [2.24, 2.45) is 5.73 Å². The number of hydrogen-bond donors (Lipinski definition) is 1. The van der Waals surface area contributed by atoms with Gasteiger partial charge in [0, 0.05) is 21.9 Å². The van der Waals surface area contributed by atoms with Crippen molar-refractivity contribution in [3.05, 3.63) is 28.3 Å². The van der Waals surface area contributed by atoms with E-state index < -0.39 is 0 Å². The van der Waals surface area contributed by atoms with Crippen molar-refractivity contribution in [3.8, 4) is 5.75 Å². The zero-order valence-corrected chi connectivity index (χ0v) is 11.1. The van der Waals surface area contributed by atoms with Crippen LogP contribution in [-0.2, 0) is 17.1 Å². The third kappa shape index (κ3) is 3.52. The monoisotopic (exact) mass is 273 g/mol. The second-order valence-electron chi connectivity index (χ2n) is 3.86. The van der Waals surface area contributed by atoms with E-state index in [1.165, 1.54) is 0 Å². The van der Waals surface area contributed by atoms with Crippen LogP contribution in [0.5, 0.6) is 5.75 Å². The average molecular weight is 274 g/mol. The molecule has 94 valence electrons. The highest BCUT2D eigenvalue weighted by atomic mass is 35.5. The van der Waals surface area contributed by atoms with Crippen molar-refractivity contribution in [2.75, 3.05) is 19.1 Å². The van der Waals surface area contributed by atoms with Crippen LogP contribution in [0.3, 0.4) is 0 Å². The summed E-state index contributed by atoms with van der Waals surface area (Å²) in [6.07, 6.45) is 1.04. The second-order valence-corrected chi connectivity index (χ2v) is 5.40. The molecule has 0 aromatic heterocycles. The van der Waals surface area contributed by atoms with Crippen molar-refractivity contribution in [1.29, 1.82) is 0 Å². The van der Waals surface area contributed by atoms with Crippen molar-refractivity contribution >= 4 is 23.4 Å². The fraction of sp³-hybridized carbons (Fsp3) is 0.500. The maximum Gasteiger partial charge on any atom is 0.189 e. The Kier molecular flexibility index (Phi) is 4.98. The molecular formula is C12H16ClNO2S. The number of benzene rings is 1. The summed E-state index contributed by atoms with van der Waals surface area (Å²) in [4.78, 5) is 0. The molecule has 17 heavy (non-hydrogen) atoms. The second kappa shape index (κ2) is 6.50. The number of nitrogens with two attached hydrogens (primary N) is 1. The molecule has 0 saturated carbocycles. The topological polar surface area (TPSA) is 44.5 Å². The molecule has 0 bridgehead atoms. The van der Waals surface area contributed by atoms with E-state index in [0.717, 1.165) is 46.4 Å². The minimum absolute atomic E-state index is 0.328. The molecule has 0 radical (unpaired) electrons. The lowest BCUT2D eigenvalue weighted by molar-refractivity contribution is -0.0168. The molecule has 0 saturated heterocycles. The Bertz CT molecular complexity index is 387. The van der Waals surface area contributed by atoms with Gasteiger partial charge in [-0.15, -0.1) is 0 Å². The van der Waals surface area contributed by atoms with Gasteiger partial charge in [-0.25, -0.2) is 0 Å². The molecule has 0 fully saturated rings. The molecule has 5 heteroatoms. The van der Waals surface area contributed by atoms with Crippen LogP contribution in [0, 0.1) is 0 Å². The fourth-order valence-corrected chi connectivity index (χ4v) is 2.94. The zero-order valence-electron chi connectivity index (χ0n) is 9.58. The molecule has 3 nitrogen and oxygen atoms in total. The number of fused-ring (bicyclic) bond motifs is 1. The Morgan fingerprint density at radius 2 is 2.29 bits per heavy atom. The van der Waals surface area contributed by atoms with Gasteiger partial charge in [0.1, 0.15) is 5.75 Å². The quantitative estimate of drug-likeness (QED) is 0.838. The van der Waals surface area contributed by atoms with E-state index in [2.05, 4.69) is 0 Å². The zero-order chi connectivity index (χ0) is 12.1. The van der Waals surface area contributed by atoms with E-state index in [1.807, 2.05) is 23.9 Å². The smallest absolute Gasteiger partial charge is 0.189 e. The number of rotatable bonds is 5. The Labute approximate surface area is 111 Å². The van der Waals surface area contributed by atoms with Crippen LogP contribution in [-0.4, -0.2) is 19.1 Å². The predicted molar refractivity (Wildman–Crippen MR) is 71.6 cm³/mol. The summed E-state index contributed by atoms with van der Waals surface area (Å²) in [5, 5.41) is 0.743. The van der Waals surface area contributed by atoms with Crippen LogP contribution in [0.2, 0.25) is 5.02 Å². The standard InChI is InChI=1S/C12H16ClNO2S/c13-11-4-9-6-15-8-16-12(9)10(5-11)7-17-3-1-2-14/h4-5H,1-3,6-8,14H2. The fourth-order valence-electron chi connectivity index (χ4n) is 1.73. The van der Waals surface area contributed by atoms with Gasteiger partial charge in [-0.2, -0.15) is 11.8 Å². The highest BCUT2D eigenvalue weighted by Gasteiger charge is 2.16. The van der Waals surface area contributed by atoms with Gasteiger partial charge in [0.25, 0.3) is 0 Å². The Morgan fingerprint density at radius 3 is 3.12 bits per heavy atom. The van der Waals surface area contributed by atoms with Gasteiger partial charge in [-0.1, -0.05) is 11.6 Å². The normalized spacial score (nSPS) is 14.2. The SMILES string of the molecule is NCCCSCc1cc(Cl)cc2c1OCOC2. The summed E-state index contributed by atoms with van der Waals surface area (Å²) in [6.45, 7) is 1.65. The van der Waals surface area contributed by atoms with Crippen LogP contribution in [0.25, 0.3) is 0 Å². The lowest BCUT2D eigenvalue weighted by Crippen LogP contribution is -2.13. The third-order valence-corrected chi connectivity index (χ3v) is 3.81. The van der Waals surface area contributed by atoms with Gasteiger partial charge in [0.05, 0.1) is 6.61 Å². The average Bonchev–Trinajstić information content (AvgIpc) is 2.34. The first-order valence-corrected chi connectivity index (χ1v) is 7.14. The van der Waals surface area contributed by atoms with Crippen molar-refractivity contribution in [2.45, 2.75) is 18.8 Å². The van der Waals surface area contributed by atoms with Crippen LogP contribution in [0.15, 0.2) is 12.1 Å². The van der Waals surface area contributed by atoms with E-state index in [9.17, 15) is 0 Å². The molecule has 0 atom stereocenters. The lowest BCUT2D eigenvalue weighted by Gasteiger charge is -2.21. The number of hydrogen-bond acceptors (Lipinski definition) is 4. The summed E-state index contributed by atoms with van der Waals surface area (Å²) in [5.41, 5.74) is 7.66. The van der Waals surface area contributed by atoms with Gasteiger partial charge >= 0.3 is 0 Å². The van der Waals surface area contributed by atoms with Gasteiger partial charge in [0.15, 0.2) is 6.79 Å². The van der Waals surface area contributed by atoms with Crippen LogP contribution >= 0.6 is 23.4 Å². The molecule has 2 rings (SSSR count). The Balaban J connectivity index is 2.07. The predicted octanol–water partition coefficient (Wildman–Crippen LogP) is 2.79. The largest absolute Gasteiger partial charge is 0.467 e. The highest BCUT2D eigenvalue weighted by molar-refractivity contribution is 7.98. The maximum absolute atomic E-state index is 6.08. The van der Waals surface area contributed by atoms with E-state index in [1.54, 1.807) is 0 Å². The molecule has 2 N–H and O–H groups in total. The Morgan fingerprint density at radius 1 is 1.41 bits per heavy atom. The summed E-state index contributed by atoms with van der Waals surface area (Å²) in [7, 11) is 0. The number of halogens is 1. The van der Waals surface area contributed by atoms with E-state index in [-0.39, 0.29) is 0 Å². The summed E-state index contributed by atoms with van der Waals surface area (Å²) in [6, 6.07) is 3.88. The van der Waals surface area contributed by atoms with Crippen LogP contribution in [0.4, 0.5) is 0 Å².